The lowest BCUT2D eigenvalue weighted by Gasteiger charge is -2.35. The highest BCUT2D eigenvalue weighted by molar-refractivity contribution is 6.25. The number of rotatable bonds is 2. The molecule has 4 amide bonds. The molecule has 1 aromatic heterocycles. The zero-order valence-corrected chi connectivity index (χ0v) is 17.8. The Morgan fingerprint density at radius 2 is 1.91 bits per heavy atom. The number of benzene rings is 2. The van der Waals surface area contributed by atoms with Gasteiger partial charge in [-0.25, -0.2) is 14.7 Å². The van der Waals surface area contributed by atoms with E-state index in [9.17, 15) is 19.6 Å². The SMILES string of the molecule is Cc1cccc(C(=O)N2C[C@H]3CC2[C@@H]2C(=O)N(c4cnc(C#N)c5ccccc45)C(=O)N32)c1. The van der Waals surface area contributed by atoms with Gasteiger partial charge in [0.1, 0.15) is 17.8 Å². The summed E-state index contributed by atoms with van der Waals surface area (Å²) in [5, 5.41) is 10.6. The number of pyridine rings is 1. The van der Waals surface area contributed by atoms with Crippen molar-refractivity contribution in [3.05, 3.63) is 71.5 Å². The standard InChI is InChI=1S/C25H19N5O3/c1-14-5-4-6-15(9-14)23(31)28-13-16-10-20(28)22-24(32)30(25(33)29(16)22)21-12-27-19(11-26)17-7-2-3-8-18(17)21/h2-9,12,16,20,22H,10,13H2,1H3/t16-,20?,22-/m1/s1. The van der Waals surface area contributed by atoms with Crippen molar-refractivity contribution in [2.45, 2.75) is 31.5 Å². The van der Waals surface area contributed by atoms with Crippen LogP contribution in [0.2, 0.25) is 0 Å². The number of carbonyl (C=O) groups excluding carboxylic acids is 3. The third kappa shape index (κ3) is 2.62. The molecule has 0 spiro atoms. The molecule has 1 unspecified atom stereocenters. The molecule has 3 saturated heterocycles. The summed E-state index contributed by atoms with van der Waals surface area (Å²) in [5.74, 6) is -0.471. The van der Waals surface area contributed by atoms with Gasteiger partial charge in [-0.1, -0.05) is 42.0 Å². The van der Waals surface area contributed by atoms with E-state index in [0.29, 0.717) is 35.0 Å². The number of amides is 4. The third-order valence-corrected chi connectivity index (χ3v) is 6.91. The van der Waals surface area contributed by atoms with Crippen molar-refractivity contribution in [1.29, 1.82) is 5.26 Å². The Morgan fingerprint density at radius 3 is 2.67 bits per heavy atom. The zero-order chi connectivity index (χ0) is 22.9. The second-order valence-corrected chi connectivity index (χ2v) is 8.74. The lowest BCUT2D eigenvalue weighted by Crippen LogP contribution is -2.54. The number of piperazine rings is 1. The first-order valence-electron chi connectivity index (χ1n) is 10.8. The maximum absolute atomic E-state index is 13.6. The minimum absolute atomic E-state index is 0.116. The molecule has 4 heterocycles. The van der Waals surface area contributed by atoms with Crippen molar-refractivity contribution < 1.29 is 14.4 Å². The fourth-order valence-electron chi connectivity index (χ4n) is 5.50. The molecule has 162 valence electrons. The molecule has 6 rings (SSSR count). The van der Waals surface area contributed by atoms with Gasteiger partial charge in [-0.3, -0.25) is 9.59 Å². The Morgan fingerprint density at radius 1 is 1.12 bits per heavy atom. The number of aromatic nitrogens is 1. The smallest absolute Gasteiger partial charge is 0.331 e. The monoisotopic (exact) mass is 437 g/mol. The summed E-state index contributed by atoms with van der Waals surface area (Å²) >= 11 is 0. The van der Waals surface area contributed by atoms with Crippen LogP contribution in [0.5, 0.6) is 0 Å². The number of hydrogen-bond donors (Lipinski definition) is 0. The van der Waals surface area contributed by atoms with Crippen molar-refractivity contribution in [1.82, 2.24) is 14.8 Å². The molecule has 8 heteroatoms. The average molecular weight is 437 g/mol. The quantitative estimate of drug-likeness (QED) is 0.574. The molecule has 0 aliphatic carbocycles. The largest absolute Gasteiger partial charge is 0.332 e. The number of nitrogens with zero attached hydrogens (tertiary/aromatic N) is 5. The summed E-state index contributed by atoms with van der Waals surface area (Å²) in [6.45, 7) is 2.34. The molecule has 8 nitrogen and oxygen atoms in total. The predicted octanol–water partition coefficient (Wildman–Crippen LogP) is 2.85. The Kier molecular flexibility index (Phi) is 4.05. The zero-order valence-electron chi connectivity index (χ0n) is 17.8. The van der Waals surface area contributed by atoms with Gasteiger partial charge >= 0.3 is 6.03 Å². The van der Waals surface area contributed by atoms with Crippen molar-refractivity contribution >= 4 is 34.3 Å². The minimum Gasteiger partial charge on any atom is -0.331 e. The molecule has 3 fully saturated rings. The molecule has 33 heavy (non-hydrogen) atoms. The van der Waals surface area contributed by atoms with Crippen molar-refractivity contribution in [3.8, 4) is 6.07 Å². The molecule has 3 aliphatic heterocycles. The number of hydrogen-bond acceptors (Lipinski definition) is 5. The Bertz CT molecular complexity index is 1410. The number of urea groups is 1. The maximum Gasteiger partial charge on any atom is 0.332 e. The first kappa shape index (κ1) is 19.4. The Hall–Kier alpha value is -4.25. The fraction of sp³-hybridized carbons (Fsp3) is 0.240. The fourth-order valence-corrected chi connectivity index (χ4v) is 5.50. The van der Waals surface area contributed by atoms with Crippen LogP contribution in [0.1, 0.15) is 28.0 Å². The summed E-state index contributed by atoms with van der Waals surface area (Å²) in [4.78, 5) is 48.9. The van der Waals surface area contributed by atoms with E-state index in [4.69, 9.17) is 0 Å². The molecular formula is C25H19N5O3. The molecule has 0 saturated carbocycles. The van der Waals surface area contributed by atoms with Crippen LogP contribution in [0.15, 0.2) is 54.7 Å². The third-order valence-electron chi connectivity index (χ3n) is 6.91. The van der Waals surface area contributed by atoms with Crippen LogP contribution in [0.4, 0.5) is 10.5 Å². The van der Waals surface area contributed by atoms with Crippen molar-refractivity contribution in [2.24, 2.45) is 0 Å². The van der Waals surface area contributed by atoms with Crippen LogP contribution in [-0.4, -0.2) is 57.3 Å². The van der Waals surface area contributed by atoms with Crippen molar-refractivity contribution in [3.63, 3.8) is 0 Å². The number of nitriles is 1. The van der Waals surface area contributed by atoms with E-state index < -0.39 is 12.1 Å². The lowest BCUT2D eigenvalue weighted by atomic mass is 10.1. The highest BCUT2D eigenvalue weighted by atomic mass is 16.2. The van der Waals surface area contributed by atoms with Crippen LogP contribution in [0, 0.1) is 18.3 Å². The van der Waals surface area contributed by atoms with Crippen LogP contribution in [-0.2, 0) is 4.79 Å². The van der Waals surface area contributed by atoms with E-state index in [2.05, 4.69) is 11.1 Å². The van der Waals surface area contributed by atoms with Gasteiger partial charge in [-0.05, 0) is 25.5 Å². The van der Waals surface area contributed by atoms with Crippen molar-refractivity contribution in [2.75, 3.05) is 11.4 Å². The highest BCUT2D eigenvalue weighted by Gasteiger charge is 2.63. The number of anilines is 1. The Labute approximate surface area is 189 Å². The molecule has 0 N–H and O–H groups in total. The minimum atomic E-state index is -0.709. The van der Waals surface area contributed by atoms with Crippen LogP contribution >= 0.6 is 0 Å². The van der Waals surface area contributed by atoms with E-state index in [1.807, 2.05) is 25.1 Å². The second kappa shape index (κ2) is 6.87. The van der Waals surface area contributed by atoms with Gasteiger partial charge in [0.25, 0.3) is 11.8 Å². The van der Waals surface area contributed by atoms with Gasteiger partial charge in [0.15, 0.2) is 0 Å². The molecule has 3 atom stereocenters. The average Bonchev–Trinajstić information content (AvgIpc) is 3.49. The summed E-state index contributed by atoms with van der Waals surface area (Å²) in [6, 6.07) is 14.9. The normalized spacial score (nSPS) is 23.4. The topological polar surface area (TPSA) is 97.6 Å². The summed E-state index contributed by atoms with van der Waals surface area (Å²) in [5.41, 5.74) is 2.18. The molecule has 0 radical (unpaired) electrons. The molecule has 2 aromatic carbocycles. The van der Waals surface area contributed by atoms with E-state index in [1.54, 1.807) is 40.1 Å². The van der Waals surface area contributed by atoms with Crippen LogP contribution in [0.25, 0.3) is 10.8 Å². The van der Waals surface area contributed by atoms with E-state index in [-0.39, 0.29) is 29.6 Å². The number of fused-ring (bicyclic) bond motifs is 6. The van der Waals surface area contributed by atoms with Gasteiger partial charge < -0.3 is 9.80 Å². The van der Waals surface area contributed by atoms with Gasteiger partial charge in [-0.15, -0.1) is 0 Å². The number of imide groups is 1. The number of carbonyl (C=O) groups is 3. The van der Waals surface area contributed by atoms with E-state index in [0.717, 1.165) is 5.56 Å². The first-order valence-corrected chi connectivity index (χ1v) is 10.8. The summed E-state index contributed by atoms with van der Waals surface area (Å²) in [7, 11) is 0. The predicted molar refractivity (Wildman–Crippen MR) is 119 cm³/mol. The molecule has 3 aliphatic rings. The molecule has 2 bridgehead atoms. The van der Waals surface area contributed by atoms with Gasteiger partial charge in [-0.2, -0.15) is 5.26 Å². The Balaban J connectivity index is 1.37. The van der Waals surface area contributed by atoms with Gasteiger partial charge in [0.05, 0.1) is 24.0 Å². The van der Waals surface area contributed by atoms with Crippen LogP contribution < -0.4 is 4.90 Å². The summed E-state index contributed by atoms with van der Waals surface area (Å²) in [6.07, 6.45) is 2.01. The first-order chi connectivity index (χ1) is 16.0. The molecular weight excluding hydrogens is 418 g/mol. The summed E-state index contributed by atoms with van der Waals surface area (Å²) < 4.78 is 0. The van der Waals surface area contributed by atoms with Gasteiger partial charge in [0, 0.05) is 22.9 Å². The second-order valence-electron chi connectivity index (χ2n) is 8.74. The van der Waals surface area contributed by atoms with Crippen LogP contribution in [0.3, 0.4) is 0 Å². The number of likely N-dealkylation sites (tertiary alicyclic amines) is 1. The van der Waals surface area contributed by atoms with E-state index in [1.165, 1.54) is 11.1 Å². The van der Waals surface area contributed by atoms with E-state index >= 15 is 0 Å². The molecule has 3 aromatic rings. The number of aryl methyl sites for hydroxylation is 1. The highest BCUT2D eigenvalue weighted by Crippen LogP contribution is 2.43. The maximum atomic E-state index is 13.6. The van der Waals surface area contributed by atoms with Gasteiger partial charge in [0.2, 0.25) is 0 Å². The lowest BCUT2D eigenvalue weighted by molar-refractivity contribution is -0.121.